The van der Waals surface area contributed by atoms with Gasteiger partial charge in [-0.3, -0.25) is 0 Å². The standard InChI is InChI=1S/C9H14N2O/c1-3-12-9-6(2)4-7(10)5-8(9)11/h4-5H,3,10-11H2,1-2H3. The molecule has 0 atom stereocenters. The van der Waals surface area contributed by atoms with Gasteiger partial charge in [0.25, 0.3) is 0 Å². The molecule has 0 saturated carbocycles. The molecule has 3 heteroatoms. The van der Waals surface area contributed by atoms with Crippen molar-refractivity contribution in [2.45, 2.75) is 13.8 Å². The van der Waals surface area contributed by atoms with E-state index in [-0.39, 0.29) is 0 Å². The molecule has 0 aliphatic heterocycles. The fourth-order valence-corrected chi connectivity index (χ4v) is 1.17. The largest absolute Gasteiger partial charge is 0.491 e. The summed E-state index contributed by atoms with van der Waals surface area (Å²) in [6.45, 7) is 4.47. The Hall–Kier alpha value is -1.38. The van der Waals surface area contributed by atoms with Crippen molar-refractivity contribution in [2.24, 2.45) is 0 Å². The maximum Gasteiger partial charge on any atom is 0.145 e. The molecule has 0 heterocycles. The van der Waals surface area contributed by atoms with Gasteiger partial charge in [0.15, 0.2) is 0 Å². The van der Waals surface area contributed by atoms with Crippen LogP contribution in [-0.2, 0) is 0 Å². The molecule has 0 fully saturated rings. The fourth-order valence-electron chi connectivity index (χ4n) is 1.17. The summed E-state index contributed by atoms with van der Waals surface area (Å²) in [6, 6.07) is 3.55. The molecule has 0 radical (unpaired) electrons. The summed E-state index contributed by atoms with van der Waals surface area (Å²) in [5, 5.41) is 0. The van der Waals surface area contributed by atoms with E-state index in [0.717, 1.165) is 11.3 Å². The molecule has 1 aromatic rings. The second-order valence-electron chi connectivity index (χ2n) is 2.69. The Morgan fingerprint density at radius 2 is 2.00 bits per heavy atom. The highest BCUT2D eigenvalue weighted by atomic mass is 16.5. The lowest BCUT2D eigenvalue weighted by Gasteiger charge is -2.10. The molecular formula is C9H14N2O. The van der Waals surface area contributed by atoms with Gasteiger partial charge in [0.2, 0.25) is 0 Å². The number of hydrogen-bond acceptors (Lipinski definition) is 3. The van der Waals surface area contributed by atoms with Gasteiger partial charge < -0.3 is 16.2 Å². The third kappa shape index (κ3) is 1.61. The van der Waals surface area contributed by atoms with Crippen LogP contribution >= 0.6 is 0 Å². The highest BCUT2D eigenvalue weighted by Crippen LogP contribution is 2.28. The summed E-state index contributed by atoms with van der Waals surface area (Å²) in [5.41, 5.74) is 13.6. The molecular weight excluding hydrogens is 152 g/mol. The lowest BCUT2D eigenvalue weighted by Crippen LogP contribution is -2.00. The quantitative estimate of drug-likeness (QED) is 0.655. The maximum atomic E-state index is 5.70. The van der Waals surface area contributed by atoms with Crippen molar-refractivity contribution in [1.82, 2.24) is 0 Å². The van der Waals surface area contributed by atoms with Crippen molar-refractivity contribution in [3.8, 4) is 5.75 Å². The van der Waals surface area contributed by atoms with Crippen LogP contribution in [-0.4, -0.2) is 6.61 Å². The summed E-state index contributed by atoms with van der Waals surface area (Å²) in [7, 11) is 0. The molecule has 0 spiro atoms. The first-order valence-corrected chi connectivity index (χ1v) is 3.93. The van der Waals surface area contributed by atoms with Crippen LogP contribution < -0.4 is 16.2 Å². The zero-order chi connectivity index (χ0) is 9.14. The fraction of sp³-hybridized carbons (Fsp3) is 0.333. The molecule has 1 rings (SSSR count). The summed E-state index contributed by atoms with van der Waals surface area (Å²) >= 11 is 0. The zero-order valence-electron chi connectivity index (χ0n) is 7.42. The first-order valence-electron chi connectivity index (χ1n) is 3.93. The number of rotatable bonds is 2. The van der Waals surface area contributed by atoms with Crippen molar-refractivity contribution in [2.75, 3.05) is 18.1 Å². The summed E-state index contributed by atoms with van der Waals surface area (Å²) < 4.78 is 5.34. The van der Waals surface area contributed by atoms with Gasteiger partial charge in [-0.2, -0.15) is 0 Å². The Labute approximate surface area is 72.3 Å². The Bertz CT molecular complexity index is 261. The Kier molecular flexibility index (Phi) is 2.43. The van der Waals surface area contributed by atoms with Crippen LogP contribution in [0.2, 0.25) is 0 Å². The van der Waals surface area contributed by atoms with Crippen LogP contribution in [0.25, 0.3) is 0 Å². The Morgan fingerprint density at radius 3 is 2.50 bits per heavy atom. The van der Waals surface area contributed by atoms with Gasteiger partial charge in [-0.1, -0.05) is 0 Å². The monoisotopic (exact) mass is 166 g/mol. The van der Waals surface area contributed by atoms with Crippen molar-refractivity contribution in [3.63, 3.8) is 0 Å². The number of ether oxygens (including phenoxy) is 1. The lowest BCUT2D eigenvalue weighted by molar-refractivity contribution is 0.340. The number of benzene rings is 1. The van der Waals surface area contributed by atoms with Gasteiger partial charge in [0.05, 0.1) is 12.3 Å². The second kappa shape index (κ2) is 3.34. The molecule has 0 bridgehead atoms. The highest BCUT2D eigenvalue weighted by molar-refractivity contribution is 5.64. The van der Waals surface area contributed by atoms with Crippen LogP contribution in [0.3, 0.4) is 0 Å². The van der Waals surface area contributed by atoms with Crippen LogP contribution in [0.15, 0.2) is 12.1 Å². The van der Waals surface area contributed by atoms with E-state index < -0.39 is 0 Å². The molecule has 3 nitrogen and oxygen atoms in total. The second-order valence-corrected chi connectivity index (χ2v) is 2.69. The molecule has 4 N–H and O–H groups in total. The van der Waals surface area contributed by atoms with Crippen LogP contribution in [0.5, 0.6) is 5.75 Å². The number of nitrogens with two attached hydrogens (primary N) is 2. The van der Waals surface area contributed by atoms with E-state index in [4.69, 9.17) is 16.2 Å². The first kappa shape index (κ1) is 8.71. The third-order valence-corrected chi connectivity index (χ3v) is 1.61. The summed E-state index contributed by atoms with van der Waals surface area (Å²) in [4.78, 5) is 0. The minimum Gasteiger partial charge on any atom is -0.491 e. The van der Waals surface area contributed by atoms with Gasteiger partial charge in [0.1, 0.15) is 5.75 Å². The van der Waals surface area contributed by atoms with Crippen molar-refractivity contribution in [1.29, 1.82) is 0 Å². The summed E-state index contributed by atoms with van der Waals surface area (Å²) in [5.74, 6) is 0.742. The molecule has 0 unspecified atom stereocenters. The predicted octanol–water partition coefficient (Wildman–Crippen LogP) is 1.56. The van der Waals surface area contributed by atoms with E-state index in [1.807, 2.05) is 19.9 Å². The number of hydrogen-bond donors (Lipinski definition) is 2. The van der Waals surface area contributed by atoms with E-state index in [0.29, 0.717) is 18.0 Å². The van der Waals surface area contributed by atoms with E-state index in [1.54, 1.807) is 6.07 Å². The van der Waals surface area contributed by atoms with Gasteiger partial charge in [-0.05, 0) is 31.5 Å². The van der Waals surface area contributed by atoms with E-state index in [2.05, 4.69) is 0 Å². The average molecular weight is 166 g/mol. The maximum absolute atomic E-state index is 5.70. The van der Waals surface area contributed by atoms with E-state index in [9.17, 15) is 0 Å². The van der Waals surface area contributed by atoms with Crippen molar-refractivity contribution >= 4 is 11.4 Å². The number of nitrogen functional groups attached to an aromatic ring is 2. The molecule has 1 aromatic carbocycles. The smallest absolute Gasteiger partial charge is 0.145 e. The van der Waals surface area contributed by atoms with E-state index in [1.165, 1.54) is 0 Å². The van der Waals surface area contributed by atoms with Crippen LogP contribution in [0, 0.1) is 6.92 Å². The SMILES string of the molecule is CCOc1c(C)cc(N)cc1N. The molecule has 12 heavy (non-hydrogen) atoms. The average Bonchev–Trinajstić information content (AvgIpc) is 1.96. The molecule has 0 aliphatic carbocycles. The zero-order valence-corrected chi connectivity index (χ0v) is 7.42. The minimum absolute atomic E-state index is 0.606. The molecule has 0 amide bonds. The Balaban J connectivity index is 3.10. The highest BCUT2D eigenvalue weighted by Gasteiger charge is 2.04. The topological polar surface area (TPSA) is 61.3 Å². The first-order chi connectivity index (χ1) is 5.65. The van der Waals surface area contributed by atoms with Crippen molar-refractivity contribution in [3.05, 3.63) is 17.7 Å². The van der Waals surface area contributed by atoms with Gasteiger partial charge in [-0.15, -0.1) is 0 Å². The van der Waals surface area contributed by atoms with E-state index >= 15 is 0 Å². The summed E-state index contributed by atoms with van der Waals surface area (Å²) in [6.07, 6.45) is 0. The lowest BCUT2D eigenvalue weighted by atomic mass is 10.1. The third-order valence-electron chi connectivity index (χ3n) is 1.61. The van der Waals surface area contributed by atoms with Crippen LogP contribution in [0.1, 0.15) is 12.5 Å². The number of aryl methyl sites for hydroxylation is 1. The van der Waals surface area contributed by atoms with Crippen LogP contribution in [0.4, 0.5) is 11.4 Å². The molecule has 0 aromatic heterocycles. The van der Waals surface area contributed by atoms with Crippen molar-refractivity contribution < 1.29 is 4.74 Å². The van der Waals surface area contributed by atoms with Gasteiger partial charge in [0, 0.05) is 5.69 Å². The number of anilines is 2. The normalized spacial score (nSPS) is 9.83. The molecule has 0 aliphatic rings. The van der Waals surface area contributed by atoms with Gasteiger partial charge in [-0.25, -0.2) is 0 Å². The molecule has 66 valence electrons. The minimum atomic E-state index is 0.606. The Morgan fingerprint density at radius 1 is 1.33 bits per heavy atom. The van der Waals surface area contributed by atoms with Gasteiger partial charge >= 0.3 is 0 Å². The predicted molar refractivity (Wildman–Crippen MR) is 51.2 cm³/mol. The molecule has 0 saturated heterocycles.